The molecule has 1 saturated heterocycles. The van der Waals surface area contributed by atoms with Crippen LogP contribution < -0.4 is 0 Å². The lowest BCUT2D eigenvalue weighted by Crippen LogP contribution is -2.54. The van der Waals surface area contributed by atoms with Crippen LogP contribution in [-0.4, -0.2) is 39.8 Å². The van der Waals surface area contributed by atoms with Gasteiger partial charge >= 0.3 is 0 Å². The van der Waals surface area contributed by atoms with Crippen LogP contribution in [0.4, 0.5) is 0 Å². The van der Waals surface area contributed by atoms with E-state index in [4.69, 9.17) is 4.52 Å². The van der Waals surface area contributed by atoms with Crippen molar-refractivity contribution in [2.24, 2.45) is 5.92 Å². The van der Waals surface area contributed by atoms with Gasteiger partial charge in [0.15, 0.2) is 5.69 Å². The predicted molar refractivity (Wildman–Crippen MR) is 75.9 cm³/mol. The maximum Gasteiger partial charge on any atom is 0.276 e. The molecule has 1 aromatic rings. The molecule has 2 atom stereocenters. The minimum absolute atomic E-state index is 0.0433. The van der Waals surface area contributed by atoms with Crippen LogP contribution in [0.2, 0.25) is 0 Å². The highest BCUT2D eigenvalue weighted by molar-refractivity contribution is 5.92. The van der Waals surface area contributed by atoms with Gasteiger partial charge in [-0.25, -0.2) is 0 Å². The third-order valence-electron chi connectivity index (χ3n) is 5.44. The summed E-state index contributed by atoms with van der Waals surface area (Å²) in [5.41, 5.74) is -0.115. The predicted octanol–water partition coefficient (Wildman–Crippen LogP) is 2.32. The fraction of sp³-hybridized carbons (Fsp3) is 0.750. The van der Waals surface area contributed by atoms with E-state index in [1.165, 1.54) is 0 Å². The number of piperidine rings is 1. The van der Waals surface area contributed by atoms with Crippen LogP contribution in [-0.2, 0) is 0 Å². The molecule has 21 heavy (non-hydrogen) atoms. The third kappa shape index (κ3) is 2.37. The van der Waals surface area contributed by atoms with Crippen molar-refractivity contribution in [2.75, 3.05) is 13.1 Å². The van der Waals surface area contributed by atoms with Crippen LogP contribution in [0.5, 0.6) is 0 Å². The second-order valence-electron chi connectivity index (χ2n) is 6.94. The van der Waals surface area contributed by atoms with Crippen molar-refractivity contribution in [1.29, 1.82) is 0 Å². The number of amides is 1. The number of nitrogens with zero attached hydrogens (tertiary/aromatic N) is 2. The van der Waals surface area contributed by atoms with E-state index in [0.717, 1.165) is 44.3 Å². The average Bonchev–Trinajstić information content (AvgIpc) is 3.23. The Balaban J connectivity index is 1.47. The number of aliphatic hydroxyl groups is 1. The number of rotatable bonds is 2. The van der Waals surface area contributed by atoms with Crippen molar-refractivity contribution in [3.63, 3.8) is 0 Å². The zero-order valence-corrected chi connectivity index (χ0v) is 12.3. The van der Waals surface area contributed by atoms with Gasteiger partial charge in [0.2, 0.25) is 0 Å². The Morgan fingerprint density at radius 3 is 3.00 bits per heavy atom. The minimum atomic E-state index is -0.544. The molecule has 4 rings (SSSR count). The van der Waals surface area contributed by atoms with Gasteiger partial charge in [-0.1, -0.05) is 18.0 Å². The Hall–Kier alpha value is -1.36. The summed E-state index contributed by atoms with van der Waals surface area (Å²) in [5.74, 6) is 1.50. The van der Waals surface area contributed by atoms with Crippen LogP contribution in [0.3, 0.4) is 0 Å². The van der Waals surface area contributed by atoms with Crippen molar-refractivity contribution in [3.8, 4) is 0 Å². The van der Waals surface area contributed by atoms with Crippen molar-refractivity contribution in [3.05, 3.63) is 17.5 Å². The molecule has 2 heterocycles. The van der Waals surface area contributed by atoms with E-state index in [-0.39, 0.29) is 11.8 Å². The fourth-order valence-corrected chi connectivity index (χ4v) is 3.87. The molecule has 3 fully saturated rings. The van der Waals surface area contributed by atoms with E-state index >= 15 is 0 Å². The maximum absolute atomic E-state index is 12.6. The first-order chi connectivity index (χ1) is 10.2. The summed E-state index contributed by atoms with van der Waals surface area (Å²) in [7, 11) is 0. The number of fused-ring (bicyclic) bond motifs is 1. The second-order valence-corrected chi connectivity index (χ2v) is 6.94. The SMILES string of the molecule is O=C(c1cc(C2CC2)on1)N1CC[C@@]2(O)CCCC[C@@H]2C1. The standard InChI is InChI=1S/C16H22N2O3/c19-15(13-9-14(21-17-13)11-4-5-11)18-8-7-16(20)6-2-1-3-12(16)10-18/h9,11-12,20H,1-8,10H2/t12-,16+/m1/s1. The lowest BCUT2D eigenvalue weighted by molar-refractivity contribution is -0.0887. The number of likely N-dealkylation sites (tertiary alicyclic amines) is 1. The number of aromatic nitrogens is 1. The Labute approximate surface area is 124 Å². The number of hydrogen-bond donors (Lipinski definition) is 1. The lowest BCUT2D eigenvalue weighted by Gasteiger charge is -2.47. The molecule has 114 valence electrons. The van der Waals surface area contributed by atoms with Crippen molar-refractivity contribution in [2.45, 2.75) is 56.5 Å². The highest BCUT2D eigenvalue weighted by Crippen LogP contribution is 2.41. The maximum atomic E-state index is 12.6. The van der Waals surface area contributed by atoms with E-state index in [2.05, 4.69) is 5.16 Å². The number of hydrogen-bond acceptors (Lipinski definition) is 4. The van der Waals surface area contributed by atoms with Crippen LogP contribution in [0.15, 0.2) is 10.6 Å². The van der Waals surface area contributed by atoms with Crippen LogP contribution >= 0.6 is 0 Å². The molecule has 5 nitrogen and oxygen atoms in total. The first-order valence-electron chi connectivity index (χ1n) is 8.14. The van der Waals surface area contributed by atoms with Gasteiger partial charge < -0.3 is 14.5 Å². The van der Waals surface area contributed by atoms with Gasteiger partial charge in [-0.15, -0.1) is 0 Å². The fourth-order valence-electron chi connectivity index (χ4n) is 3.87. The normalized spacial score (nSPS) is 32.8. The summed E-state index contributed by atoms with van der Waals surface area (Å²) >= 11 is 0. The molecule has 1 N–H and O–H groups in total. The molecular formula is C16H22N2O3. The van der Waals surface area contributed by atoms with E-state index in [0.29, 0.717) is 31.1 Å². The Morgan fingerprint density at radius 2 is 2.19 bits per heavy atom. The number of carbonyl (C=O) groups is 1. The third-order valence-corrected chi connectivity index (χ3v) is 5.44. The summed E-state index contributed by atoms with van der Waals surface area (Å²) in [6.07, 6.45) is 7.14. The molecular weight excluding hydrogens is 268 g/mol. The van der Waals surface area contributed by atoms with Gasteiger partial charge in [-0.3, -0.25) is 4.79 Å². The lowest BCUT2D eigenvalue weighted by atomic mass is 9.71. The molecule has 3 aliphatic rings. The quantitative estimate of drug-likeness (QED) is 0.907. The van der Waals surface area contributed by atoms with E-state index < -0.39 is 5.60 Å². The van der Waals surface area contributed by atoms with E-state index in [1.54, 1.807) is 0 Å². The molecule has 0 unspecified atom stereocenters. The summed E-state index contributed by atoms with van der Waals surface area (Å²) in [6.45, 7) is 1.28. The average molecular weight is 290 g/mol. The summed E-state index contributed by atoms with van der Waals surface area (Å²) < 4.78 is 5.28. The van der Waals surface area contributed by atoms with Gasteiger partial charge in [0.25, 0.3) is 5.91 Å². The highest BCUT2D eigenvalue weighted by Gasteiger charge is 2.44. The van der Waals surface area contributed by atoms with Crippen molar-refractivity contribution in [1.82, 2.24) is 10.1 Å². The zero-order valence-electron chi connectivity index (χ0n) is 12.3. The van der Waals surface area contributed by atoms with Gasteiger partial charge in [-0.05, 0) is 32.1 Å². The molecule has 1 aromatic heterocycles. The van der Waals surface area contributed by atoms with Gasteiger partial charge in [0, 0.05) is 31.0 Å². The van der Waals surface area contributed by atoms with Crippen molar-refractivity contribution < 1.29 is 14.4 Å². The van der Waals surface area contributed by atoms with Gasteiger partial charge in [0.1, 0.15) is 5.76 Å². The van der Waals surface area contributed by atoms with Crippen LogP contribution in [0, 0.1) is 5.92 Å². The molecule has 2 saturated carbocycles. The first-order valence-corrected chi connectivity index (χ1v) is 8.14. The van der Waals surface area contributed by atoms with Crippen LogP contribution in [0.1, 0.15) is 67.1 Å². The van der Waals surface area contributed by atoms with Crippen LogP contribution in [0.25, 0.3) is 0 Å². The summed E-state index contributed by atoms with van der Waals surface area (Å²) in [4.78, 5) is 14.4. The Kier molecular flexibility index (Phi) is 3.06. The monoisotopic (exact) mass is 290 g/mol. The molecule has 0 aromatic carbocycles. The molecule has 1 amide bonds. The molecule has 2 aliphatic carbocycles. The summed E-state index contributed by atoms with van der Waals surface area (Å²) in [5, 5.41) is 14.6. The molecule has 0 radical (unpaired) electrons. The zero-order chi connectivity index (χ0) is 14.4. The summed E-state index contributed by atoms with van der Waals surface area (Å²) in [6, 6.07) is 1.81. The Bertz CT molecular complexity index is 551. The molecule has 5 heteroatoms. The minimum Gasteiger partial charge on any atom is -0.389 e. The van der Waals surface area contributed by atoms with E-state index in [9.17, 15) is 9.90 Å². The van der Waals surface area contributed by atoms with E-state index in [1.807, 2.05) is 11.0 Å². The number of carbonyl (C=O) groups excluding carboxylic acids is 1. The largest absolute Gasteiger partial charge is 0.389 e. The highest BCUT2D eigenvalue weighted by atomic mass is 16.5. The van der Waals surface area contributed by atoms with Crippen molar-refractivity contribution >= 4 is 5.91 Å². The Morgan fingerprint density at radius 1 is 1.33 bits per heavy atom. The van der Waals surface area contributed by atoms with Gasteiger partial charge in [-0.2, -0.15) is 0 Å². The van der Waals surface area contributed by atoms with Gasteiger partial charge in [0.05, 0.1) is 5.60 Å². The topological polar surface area (TPSA) is 66.6 Å². The molecule has 1 aliphatic heterocycles. The smallest absolute Gasteiger partial charge is 0.276 e. The second kappa shape index (κ2) is 4.83. The molecule has 0 bridgehead atoms. The molecule has 0 spiro atoms. The first kappa shape index (κ1) is 13.3.